The van der Waals surface area contributed by atoms with Crippen molar-refractivity contribution in [2.75, 3.05) is 6.61 Å². The first-order chi connectivity index (χ1) is 7.63. The Kier molecular flexibility index (Phi) is 5.43. The average molecular weight is 252 g/mol. The molecule has 0 radical (unpaired) electrons. The van der Waals surface area contributed by atoms with E-state index >= 15 is 0 Å². The number of hydrogen-bond acceptors (Lipinski definition) is 4. The fourth-order valence-corrected chi connectivity index (χ4v) is 0.552. The number of carbonyl (C=O) groups is 2. The predicted molar refractivity (Wildman–Crippen MR) is 51.7 cm³/mol. The van der Waals surface area contributed by atoms with Gasteiger partial charge in [0.05, 0.1) is 5.57 Å². The van der Waals surface area contributed by atoms with Crippen molar-refractivity contribution in [2.45, 2.75) is 20.0 Å². The molecule has 0 aliphatic rings. The van der Waals surface area contributed by atoms with Gasteiger partial charge in [0.25, 0.3) is 0 Å². The van der Waals surface area contributed by atoms with Crippen molar-refractivity contribution in [1.29, 1.82) is 0 Å². The molecule has 0 heterocycles. The van der Waals surface area contributed by atoms with Gasteiger partial charge in [0, 0.05) is 5.57 Å². The molecule has 0 aromatic carbocycles. The van der Waals surface area contributed by atoms with Crippen LogP contribution in [0.15, 0.2) is 24.0 Å². The van der Waals surface area contributed by atoms with Crippen molar-refractivity contribution in [1.82, 2.24) is 0 Å². The van der Waals surface area contributed by atoms with Gasteiger partial charge in [-0.1, -0.05) is 6.58 Å². The van der Waals surface area contributed by atoms with E-state index in [9.17, 15) is 22.8 Å². The maximum absolute atomic E-state index is 11.7. The molecule has 4 nitrogen and oxygen atoms in total. The van der Waals surface area contributed by atoms with Crippen molar-refractivity contribution in [3.05, 3.63) is 24.0 Å². The second kappa shape index (κ2) is 6.07. The van der Waals surface area contributed by atoms with Crippen molar-refractivity contribution in [3.8, 4) is 0 Å². The van der Waals surface area contributed by atoms with Crippen molar-refractivity contribution >= 4 is 11.9 Å². The summed E-state index contributed by atoms with van der Waals surface area (Å²) in [5.41, 5.74) is -0.165. The van der Waals surface area contributed by atoms with Gasteiger partial charge in [-0.2, -0.15) is 13.2 Å². The van der Waals surface area contributed by atoms with Crippen LogP contribution in [0.5, 0.6) is 0 Å². The molecule has 0 saturated carbocycles. The molecule has 0 unspecified atom stereocenters. The van der Waals surface area contributed by atoms with Crippen molar-refractivity contribution in [3.63, 3.8) is 0 Å². The minimum Gasteiger partial charge on any atom is -0.453 e. The van der Waals surface area contributed by atoms with Gasteiger partial charge >= 0.3 is 18.1 Å². The van der Waals surface area contributed by atoms with Crippen LogP contribution in [0.1, 0.15) is 13.8 Å². The van der Waals surface area contributed by atoms with E-state index in [1.807, 2.05) is 0 Å². The van der Waals surface area contributed by atoms with E-state index in [0.717, 1.165) is 13.2 Å². The minimum absolute atomic E-state index is 0.0951. The molecule has 0 aromatic rings. The van der Waals surface area contributed by atoms with Crippen LogP contribution in [-0.2, 0) is 19.1 Å². The molecule has 0 fully saturated rings. The van der Waals surface area contributed by atoms with Crippen LogP contribution in [0.4, 0.5) is 13.2 Å². The molecule has 0 aromatic heterocycles. The summed E-state index contributed by atoms with van der Waals surface area (Å²) in [4.78, 5) is 21.9. The predicted octanol–water partition coefficient (Wildman–Crippen LogP) is 2.12. The summed E-state index contributed by atoms with van der Waals surface area (Å²) in [7, 11) is 0. The fourth-order valence-electron chi connectivity index (χ4n) is 0.552. The van der Waals surface area contributed by atoms with E-state index < -0.39 is 24.7 Å². The number of halogens is 3. The molecule has 0 bridgehead atoms. The van der Waals surface area contributed by atoms with Crippen LogP contribution >= 0.6 is 0 Å². The Labute approximate surface area is 95.7 Å². The van der Waals surface area contributed by atoms with Crippen LogP contribution in [0.2, 0.25) is 0 Å². The highest BCUT2D eigenvalue weighted by atomic mass is 19.4. The number of ether oxygens (including phenoxy) is 2. The maximum Gasteiger partial charge on any atom is 0.422 e. The number of carbonyl (C=O) groups excluding carboxylic acids is 2. The first kappa shape index (κ1) is 15.2. The zero-order chi connectivity index (χ0) is 13.6. The van der Waals surface area contributed by atoms with E-state index in [1.54, 1.807) is 0 Å². The van der Waals surface area contributed by atoms with E-state index in [2.05, 4.69) is 16.1 Å². The lowest BCUT2D eigenvalue weighted by molar-refractivity contribution is -0.183. The monoisotopic (exact) mass is 252 g/mol. The normalized spacial score (nSPS) is 11.9. The standard InChI is InChI=1S/C10H11F3O4/c1-6(2)8(14)16-4-7(3)9(15)17-5-10(11,12)13/h4H,1,5H2,2-3H3. The van der Waals surface area contributed by atoms with E-state index in [-0.39, 0.29) is 11.1 Å². The summed E-state index contributed by atoms with van der Waals surface area (Å²) in [6.07, 6.45) is -3.87. The SMILES string of the molecule is C=C(C)C(=O)OC=C(C)C(=O)OCC(F)(F)F. The molecule has 0 saturated heterocycles. The Hall–Kier alpha value is -1.79. The minimum atomic E-state index is -4.59. The lowest BCUT2D eigenvalue weighted by atomic mass is 10.3. The van der Waals surface area contributed by atoms with Crippen LogP contribution in [0, 0.1) is 0 Å². The van der Waals surface area contributed by atoms with Crippen LogP contribution < -0.4 is 0 Å². The Balaban J connectivity index is 4.26. The zero-order valence-corrected chi connectivity index (χ0v) is 9.26. The third-order valence-electron chi connectivity index (χ3n) is 1.38. The number of esters is 2. The summed E-state index contributed by atoms with van der Waals surface area (Å²) in [6.45, 7) is 4.13. The Morgan fingerprint density at radius 1 is 1.24 bits per heavy atom. The first-order valence-corrected chi connectivity index (χ1v) is 4.40. The lowest BCUT2D eigenvalue weighted by Crippen LogP contribution is -2.20. The lowest BCUT2D eigenvalue weighted by Gasteiger charge is -2.07. The molecule has 7 heteroatoms. The largest absolute Gasteiger partial charge is 0.453 e. The third-order valence-corrected chi connectivity index (χ3v) is 1.38. The highest BCUT2D eigenvalue weighted by Gasteiger charge is 2.29. The Morgan fingerprint density at radius 3 is 2.18 bits per heavy atom. The summed E-state index contributed by atoms with van der Waals surface area (Å²) in [5, 5.41) is 0. The highest BCUT2D eigenvalue weighted by Crippen LogP contribution is 2.15. The fraction of sp³-hybridized carbons (Fsp3) is 0.400. The van der Waals surface area contributed by atoms with Crippen LogP contribution in [0.3, 0.4) is 0 Å². The number of rotatable bonds is 4. The topological polar surface area (TPSA) is 52.6 Å². The van der Waals surface area contributed by atoms with Crippen LogP contribution in [0.25, 0.3) is 0 Å². The molecule has 0 aliphatic carbocycles. The van der Waals surface area contributed by atoms with Gasteiger partial charge in [0.1, 0.15) is 6.26 Å². The number of alkyl halides is 3. The molecule has 96 valence electrons. The first-order valence-electron chi connectivity index (χ1n) is 4.40. The maximum atomic E-state index is 11.7. The van der Waals surface area contributed by atoms with E-state index in [0.29, 0.717) is 0 Å². The van der Waals surface area contributed by atoms with Crippen molar-refractivity contribution < 1.29 is 32.2 Å². The van der Waals surface area contributed by atoms with Gasteiger partial charge in [0.2, 0.25) is 0 Å². The molecule has 17 heavy (non-hydrogen) atoms. The molecule has 0 rings (SSSR count). The summed E-state index contributed by atoms with van der Waals surface area (Å²) < 4.78 is 43.5. The van der Waals surface area contributed by atoms with Crippen LogP contribution in [-0.4, -0.2) is 24.7 Å². The molecule has 0 spiro atoms. The van der Waals surface area contributed by atoms with Gasteiger partial charge in [0.15, 0.2) is 6.61 Å². The quantitative estimate of drug-likeness (QED) is 0.437. The third kappa shape index (κ3) is 7.15. The average Bonchev–Trinajstić information content (AvgIpc) is 2.20. The summed E-state index contributed by atoms with van der Waals surface area (Å²) in [6, 6.07) is 0. The Morgan fingerprint density at radius 2 is 1.76 bits per heavy atom. The van der Waals surface area contributed by atoms with E-state index in [1.165, 1.54) is 6.92 Å². The van der Waals surface area contributed by atoms with E-state index in [4.69, 9.17) is 0 Å². The summed E-state index contributed by atoms with van der Waals surface area (Å²) >= 11 is 0. The highest BCUT2D eigenvalue weighted by molar-refractivity contribution is 5.90. The van der Waals surface area contributed by atoms with Crippen molar-refractivity contribution in [2.24, 2.45) is 0 Å². The van der Waals surface area contributed by atoms with Gasteiger partial charge in [-0.3, -0.25) is 0 Å². The smallest absolute Gasteiger partial charge is 0.422 e. The molecule has 0 N–H and O–H groups in total. The molecular weight excluding hydrogens is 241 g/mol. The van der Waals surface area contributed by atoms with Gasteiger partial charge in [-0.25, -0.2) is 9.59 Å². The number of hydrogen-bond donors (Lipinski definition) is 0. The molecular formula is C10H11F3O4. The zero-order valence-electron chi connectivity index (χ0n) is 9.26. The van der Waals surface area contributed by atoms with Gasteiger partial charge < -0.3 is 9.47 Å². The second-order valence-corrected chi connectivity index (χ2v) is 3.18. The second-order valence-electron chi connectivity index (χ2n) is 3.18. The molecule has 0 amide bonds. The Bertz CT molecular complexity index is 355. The summed E-state index contributed by atoms with van der Waals surface area (Å²) in [5.74, 6) is -2.00. The molecule has 0 aliphatic heterocycles. The molecule has 0 atom stereocenters. The van der Waals surface area contributed by atoms with Gasteiger partial charge in [-0.15, -0.1) is 0 Å². The van der Waals surface area contributed by atoms with Gasteiger partial charge in [-0.05, 0) is 13.8 Å².